The van der Waals surface area contributed by atoms with Gasteiger partial charge in [0.2, 0.25) is 0 Å². The second kappa shape index (κ2) is 6.92. The molecule has 1 aromatic carbocycles. The number of benzene rings is 1. The molecule has 0 radical (unpaired) electrons. The van der Waals surface area contributed by atoms with E-state index in [0.717, 1.165) is 42.6 Å². The van der Waals surface area contributed by atoms with Crippen molar-refractivity contribution in [2.45, 2.75) is 32.4 Å². The van der Waals surface area contributed by atoms with Crippen LogP contribution in [0.4, 0.5) is 0 Å². The van der Waals surface area contributed by atoms with Crippen LogP contribution in [0.2, 0.25) is 0 Å². The predicted octanol–water partition coefficient (Wildman–Crippen LogP) is 3.38. The number of piperidine rings is 1. The first-order valence-electron chi connectivity index (χ1n) is 9.02. The van der Waals surface area contributed by atoms with Crippen LogP contribution in [0.1, 0.15) is 47.7 Å². The number of carbonyl (C=O) groups excluding carboxylic acids is 1. The Hall–Kier alpha value is -2.27. The maximum atomic E-state index is 12.5. The van der Waals surface area contributed by atoms with Gasteiger partial charge in [-0.25, -0.2) is 0 Å². The quantitative estimate of drug-likeness (QED) is 0.927. The van der Waals surface area contributed by atoms with E-state index in [2.05, 4.69) is 17.1 Å². The van der Waals surface area contributed by atoms with Crippen molar-refractivity contribution in [2.75, 3.05) is 19.7 Å². The van der Waals surface area contributed by atoms with Gasteiger partial charge in [0, 0.05) is 5.56 Å². The average Bonchev–Trinajstić information content (AvgIpc) is 3.25. The van der Waals surface area contributed by atoms with Crippen molar-refractivity contribution in [1.82, 2.24) is 10.2 Å². The number of amides is 1. The number of likely N-dealkylation sites (tertiary alicyclic amines) is 1. The molecule has 0 bridgehead atoms. The highest BCUT2D eigenvalue weighted by Gasteiger charge is 2.26. The lowest BCUT2D eigenvalue weighted by atomic mass is 9.99. The molecule has 1 unspecified atom stereocenters. The zero-order valence-corrected chi connectivity index (χ0v) is 14.5. The van der Waals surface area contributed by atoms with Crippen molar-refractivity contribution in [3.63, 3.8) is 0 Å². The third-order valence-corrected chi connectivity index (χ3v) is 5.15. The highest BCUT2D eigenvalue weighted by molar-refractivity contribution is 5.91. The fourth-order valence-corrected chi connectivity index (χ4v) is 3.54. The number of hydrogen-bond acceptors (Lipinski definition) is 4. The molecule has 1 atom stereocenters. The number of nitrogens with one attached hydrogen (secondary N) is 1. The second-order valence-corrected chi connectivity index (χ2v) is 7.10. The minimum absolute atomic E-state index is 0.124. The third-order valence-electron chi connectivity index (χ3n) is 5.15. The van der Waals surface area contributed by atoms with Gasteiger partial charge in [0.1, 0.15) is 18.1 Å². The van der Waals surface area contributed by atoms with Gasteiger partial charge in [-0.15, -0.1) is 0 Å². The standard InChI is InChI=1S/C20H24N2O3/c1-14-8-10-22(11-9-14)12-15-6-7-19(25-15)20(23)21-17-13-24-18-5-3-2-4-16(17)18/h2-7,14,17H,8-13H2,1H3,(H,21,23). The van der Waals surface area contributed by atoms with Gasteiger partial charge >= 0.3 is 0 Å². The van der Waals surface area contributed by atoms with Crippen LogP contribution in [0, 0.1) is 5.92 Å². The van der Waals surface area contributed by atoms with Gasteiger partial charge in [0.15, 0.2) is 5.76 Å². The molecule has 2 aliphatic heterocycles. The predicted molar refractivity (Wildman–Crippen MR) is 94.5 cm³/mol. The van der Waals surface area contributed by atoms with Crippen LogP contribution >= 0.6 is 0 Å². The van der Waals surface area contributed by atoms with Crippen LogP contribution in [-0.2, 0) is 6.54 Å². The minimum Gasteiger partial charge on any atom is -0.491 e. The van der Waals surface area contributed by atoms with Gasteiger partial charge in [-0.05, 0) is 50.0 Å². The number of nitrogens with zero attached hydrogens (tertiary/aromatic N) is 1. The number of furan rings is 1. The zero-order valence-electron chi connectivity index (χ0n) is 14.5. The van der Waals surface area contributed by atoms with E-state index >= 15 is 0 Å². The van der Waals surface area contributed by atoms with Gasteiger partial charge < -0.3 is 14.5 Å². The Morgan fingerprint density at radius 1 is 1.20 bits per heavy atom. The Bertz CT molecular complexity index is 747. The summed E-state index contributed by atoms with van der Waals surface area (Å²) in [6.07, 6.45) is 2.46. The number of hydrogen-bond donors (Lipinski definition) is 1. The van der Waals surface area contributed by atoms with Crippen molar-refractivity contribution in [1.29, 1.82) is 0 Å². The molecular weight excluding hydrogens is 316 g/mol. The van der Waals surface area contributed by atoms with E-state index in [-0.39, 0.29) is 11.9 Å². The third kappa shape index (κ3) is 3.56. The summed E-state index contributed by atoms with van der Waals surface area (Å²) in [7, 11) is 0. The molecule has 4 rings (SSSR count). The first-order valence-corrected chi connectivity index (χ1v) is 9.02. The van der Waals surface area contributed by atoms with Crippen LogP contribution in [0.5, 0.6) is 5.75 Å². The smallest absolute Gasteiger partial charge is 0.287 e. The first-order chi connectivity index (χ1) is 12.2. The molecule has 0 spiro atoms. The van der Waals surface area contributed by atoms with Gasteiger partial charge in [-0.3, -0.25) is 9.69 Å². The zero-order chi connectivity index (χ0) is 17.2. The lowest BCUT2D eigenvalue weighted by Crippen LogP contribution is -2.32. The lowest BCUT2D eigenvalue weighted by molar-refractivity contribution is 0.0897. The Labute approximate surface area is 148 Å². The Balaban J connectivity index is 1.36. The Morgan fingerprint density at radius 2 is 2.00 bits per heavy atom. The summed E-state index contributed by atoms with van der Waals surface area (Å²) in [5.74, 6) is 2.68. The summed E-state index contributed by atoms with van der Waals surface area (Å²) in [5.41, 5.74) is 1.02. The number of rotatable bonds is 4. The molecule has 1 fully saturated rings. The van der Waals surface area contributed by atoms with E-state index in [9.17, 15) is 4.79 Å². The highest BCUT2D eigenvalue weighted by atomic mass is 16.5. The molecule has 1 saturated heterocycles. The monoisotopic (exact) mass is 340 g/mol. The van der Waals surface area contributed by atoms with Crippen molar-refractivity contribution >= 4 is 5.91 Å². The van der Waals surface area contributed by atoms with Gasteiger partial charge in [-0.1, -0.05) is 25.1 Å². The molecule has 1 aromatic heterocycles. The van der Waals surface area contributed by atoms with E-state index in [1.807, 2.05) is 30.3 Å². The van der Waals surface area contributed by atoms with Crippen molar-refractivity contribution in [3.8, 4) is 5.75 Å². The minimum atomic E-state index is -0.191. The fourth-order valence-electron chi connectivity index (χ4n) is 3.54. The molecule has 5 heteroatoms. The lowest BCUT2D eigenvalue weighted by Gasteiger charge is -2.29. The van der Waals surface area contributed by atoms with Gasteiger partial charge in [0.05, 0.1) is 12.6 Å². The van der Waals surface area contributed by atoms with Crippen LogP contribution in [0.3, 0.4) is 0 Å². The molecule has 2 aliphatic rings. The fraction of sp³-hybridized carbons (Fsp3) is 0.450. The van der Waals surface area contributed by atoms with E-state index in [0.29, 0.717) is 12.4 Å². The summed E-state index contributed by atoms with van der Waals surface area (Å²) in [6, 6.07) is 11.3. The topological polar surface area (TPSA) is 54.7 Å². The molecule has 1 N–H and O–H groups in total. The van der Waals surface area contributed by atoms with Crippen molar-refractivity contribution in [2.24, 2.45) is 5.92 Å². The molecule has 25 heavy (non-hydrogen) atoms. The summed E-state index contributed by atoms with van der Waals surface area (Å²) < 4.78 is 11.4. The molecule has 132 valence electrons. The number of fused-ring (bicyclic) bond motifs is 1. The Morgan fingerprint density at radius 3 is 2.84 bits per heavy atom. The van der Waals surface area contributed by atoms with Crippen LogP contribution < -0.4 is 10.1 Å². The second-order valence-electron chi connectivity index (χ2n) is 7.10. The van der Waals surface area contributed by atoms with Crippen LogP contribution in [-0.4, -0.2) is 30.5 Å². The van der Waals surface area contributed by atoms with Gasteiger partial charge in [-0.2, -0.15) is 0 Å². The first kappa shape index (κ1) is 16.2. The van der Waals surface area contributed by atoms with E-state index in [1.54, 1.807) is 6.07 Å². The molecule has 0 saturated carbocycles. The summed E-state index contributed by atoms with van der Waals surface area (Å²) in [5, 5.41) is 3.00. The van der Waals surface area contributed by atoms with Crippen molar-refractivity contribution in [3.05, 3.63) is 53.5 Å². The number of carbonyl (C=O) groups is 1. The number of para-hydroxylation sites is 1. The molecule has 5 nitrogen and oxygen atoms in total. The molecule has 3 heterocycles. The molecular formula is C20H24N2O3. The highest BCUT2D eigenvalue weighted by Crippen LogP contribution is 2.31. The molecule has 0 aliphatic carbocycles. The van der Waals surface area contributed by atoms with Crippen molar-refractivity contribution < 1.29 is 13.9 Å². The molecule has 1 amide bonds. The summed E-state index contributed by atoms with van der Waals surface area (Å²) in [6.45, 7) is 5.73. The van der Waals surface area contributed by atoms with Gasteiger partial charge in [0.25, 0.3) is 5.91 Å². The van der Waals surface area contributed by atoms with E-state index < -0.39 is 0 Å². The average molecular weight is 340 g/mol. The van der Waals surface area contributed by atoms with Crippen LogP contribution in [0.25, 0.3) is 0 Å². The van der Waals surface area contributed by atoms with E-state index in [1.165, 1.54) is 12.8 Å². The maximum absolute atomic E-state index is 12.5. The SMILES string of the molecule is CC1CCN(Cc2ccc(C(=O)NC3COc4ccccc43)o2)CC1. The Kier molecular flexibility index (Phi) is 4.49. The molecule has 2 aromatic rings. The maximum Gasteiger partial charge on any atom is 0.287 e. The number of ether oxygens (including phenoxy) is 1. The summed E-state index contributed by atoms with van der Waals surface area (Å²) in [4.78, 5) is 14.9. The largest absolute Gasteiger partial charge is 0.491 e. The summed E-state index contributed by atoms with van der Waals surface area (Å²) >= 11 is 0. The van der Waals surface area contributed by atoms with E-state index in [4.69, 9.17) is 9.15 Å². The normalized spacial score (nSPS) is 20.9. The van der Waals surface area contributed by atoms with Crippen LogP contribution in [0.15, 0.2) is 40.8 Å².